The fraction of sp³-hybridized carbons (Fsp3) is 0.364. The zero-order valence-corrected chi connectivity index (χ0v) is 9.04. The second kappa shape index (κ2) is 5.44. The van der Waals surface area contributed by atoms with Crippen molar-refractivity contribution >= 4 is 5.91 Å². The van der Waals surface area contributed by atoms with Gasteiger partial charge in [-0.15, -0.1) is 0 Å². The SMILES string of the molecule is COc1ccccc1C(=O)NC(C)C(F)F. The molecule has 0 bridgehead atoms. The average Bonchev–Trinajstić information content (AvgIpc) is 2.28. The van der Waals surface area contributed by atoms with Crippen LogP contribution in [-0.4, -0.2) is 25.5 Å². The number of para-hydroxylation sites is 1. The number of nitrogens with one attached hydrogen (secondary N) is 1. The number of amides is 1. The summed E-state index contributed by atoms with van der Waals surface area (Å²) in [6.45, 7) is 1.25. The van der Waals surface area contributed by atoms with Crippen LogP contribution in [0.2, 0.25) is 0 Å². The quantitative estimate of drug-likeness (QED) is 0.858. The topological polar surface area (TPSA) is 38.3 Å². The highest BCUT2D eigenvalue weighted by Gasteiger charge is 2.19. The van der Waals surface area contributed by atoms with Crippen molar-refractivity contribution < 1.29 is 18.3 Å². The minimum Gasteiger partial charge on any atom is -0.496 e. The van der Waals surface area contributed by atoms with E-state index in [4.69, 9.17) is 4.74 Å². The summed E-state index contributed by atoms with van der Waals surface area (Å²) < 4.78 is 29.4. The van der Waals surface area contributed by atoms with E-state index in [1.807, 2.05) is 0 Å². The number of hydrogen-bond donors (Lipinski definition) is 1. The molecule has 0 radical (unpaired) electrons. The van der Waals surface area contributed by atoms with Crippen LogP contribution in [0, 0.1) is 0 Å². The smallest absolute Gasteiger partial charge is 0.258 e. The van der Waals surface area contributed by atoms with Crippen molar-refractivity contribution in [3.05, 3.63) is 29.8 Å². The van der Waals surface area contributed by atoms with E-state index in [0.29, 0.717) is 5.75 Å². The molecule has 1 aromatic rings. The molecule has 3 nitrogen and oxygen atoms in total. The highest BCUT2D eigenvalue weighted by Crippen LogP contribution is 2.17. The van der Waals surface area contributed by atoms with Crippen molar-refractivity contribution in [3.63, 3.8) is 0 Å². The van der Waals surface area contributed by atoms with Crippen molar-refractivity contribution in [1.29, 1.82) is 0 Å². The highest BCUT2D eigenvalue weighted by molar-refractivity contribution is 5.97. The summed E-state index contributed by atoms with van der Waals surface area (Å²) in [6.07, 6.45) is -2.58. The molecule has 0 saturated heterocycles. The lowest BCUT2D eigenvalue weighted by Gasteiger charge is -2.14. The largest absolute Gasteiger partial charge is 0.496 e. The average molecular weight is 229 g/mol. The van der Waals surface area contributed by atoms with Gasteiger partial charge in [-0.1, -0.05) is 12.1 Å². The van der Waals surface area contributed by atoms with Gasteiger partial charge in [0, 0.05) is 0 Å². The first-order chi connectivity index (χ1) is 7.56. The lowest BCUT2D eigenvalue weighted by Crippen LogP contribution is -2.37. The predicted molar refractivity (Wildman–Crippen MR) is 55.9 cm³/mol. The van der Waals surface area contributed by atoms with E-state index < -0.39 is 18.4 Å². The van der Waals surface area contributed by atoms with Gasteiger partial charge in [0.2, 0.25) is 0 Å². The molecule has 0 spiro atoms. The third-order valence-electron chi connectivity index (χ3n) is 2.09. The van der Waals surface area contributed by atoms with Crippen molar-refractivity contribution in [1.82, 2.24) is 5.32 Å². The van der Waals surface area contributed by atoms with Crippen LogP contribution in [0.3, 0.4) is 0 Å². The van der Waals surface area contributed by atoms with E-state index in [1.165, 1.54) is 20.1 Å². The number of methoxy groups -OCH3 is 1. The van der Waals surface area contributed by atoms with Gasteiger partial charge in [0.25, 0.3) is 12.3 Å². The lowest BCUT2D eigenvalue weighted by atomic mass is 10.2. The van der Waals surface area contributed by atoms with E-state index in [1.54, 1.807) is 18.2 Å². The van der Waals surface area contributed by atoms with Crippen LogP contribution in [0.1, 0.15) is 17.3 Å². The molecule has 0 aliphatic carbocycles. The molecule has 88 valence electrons. The molecule has 0 aliphatic heterocycles. The van der Waals surface area contributed by atoms with Crippen LogP contribution in [-0.2, 0) is 0 Å². The van der Waals surface area contributed by atoms with E-state index in [0.717, 1.165) is 0 Å². The number of benzene rings is 1. The van der Waals surface area contributed by atoms with Gasteiger partial charge in [0.05, 0.1) is 18.7 Å². The summed E-state index contributed by atoms with van der Waals surface area (Å²) in [5.74, 6) is -0.202. The van der Waals surface area contributed by atoms with Crippen LogP contribution in [0.5, 0.6) is 5.75 Å². The van der Waals surface area contributed by atoms with Gasteiger partial charge in [-0.05, 0) is 19.1 Å². The first kappa shape index (κ1) is 12.4. The number of carbonyl (C=O) groups is 1. The molecule has 1 N–H and O–H groups in total. The van der Waals surface area contributed by atoms with Gasteiger partial charge >= 0.3 is 0 Å². The number of rotatable bonds is 4. The van der Waals surface area contributed by atoms with Crippen LogP contribution < -0.4 is 10.1 Å². The maximum atomic E-state index is 12.2. The van der Waals surface area contributed by atoms with Crippen LogP contribution in [0.25, 0.3) is 0 Å². The highest BCUT2D eigenvalue weighted by atomic mass is 19.3. The molecule has 0 saturated carbocycles. The first-order valence-electron chi connectivity index (χ1n) is 4.78. The monoisotopic (exact) mass is 229 g/mol. The molecule has 1 rings (SSSR count). The molecule has 0 aliphatic rings. The van der Waals surface area contributed by atoms with Crippen LogP contribution in [0.4, 0.5) is 8.78 Å². The predicted octanol–water partition coefficient (Wildman–Crippen LogP) is 2.08. The van der Waals surface area contributed by atoms with Gasteiger partial charge in [-0.2, -0.15) is 0 Å². The number of hydrogen-bond acceptors (Lipinski definition) is 2. The Morgan fingerprint density at radius 1 is 1.38 bits per heavy atom. The van der Waals surface area contributed by atoms with E-state index >= 15 is 0 Å². The summed E-state index contributed by atoms with van der Waals surface area (Å²) in [6, 6.07) is 5.28. The molecule has 0 fully saturated rings. The van der Waals surface area contributed by atoms with E-state index in [2.05, 4.69) is 5.32 Å². The molecule has 1 amide bonds. The summed E-state index contributed by atoms with van der Waals surface area (Å²) >= 11 is 0. The van der Waals surface area contributed by atoms with Gasteiger partial charge in [-0.3, -0.25) is 4.79 Å². The number of ether oxygens (including phenoxy) is 1. The van der Waals surface area contributed by atoms with Crippen molar-refractivity contribution in [2.45, 2.75) is 19.4 Å². The van der Waals surface area contributed by atoms with Crippen molar-refractivity contribution in [2.24, 2.45) is 0 Å². The molecule has 1 unspecified atom stereocenters. The Bertz CT molecular complexity index is 369. The standard InChI is InChI=1S/C11H13F2NO2/c1-7(10(12)13)14-11(15)8-5-3-4-6-9(8)16-2/h3-7,10H,1-2H3,(H,14,15). The second-order valence-corrected chi connectivity index (χ2v) is 3.30. The molecular formula is C11H13F2NO2. The Kier molecular flexibility index (Phi) is 4.22. The molecular weight excluding hydrogens is 216 g/mol. The Labute approximate surface area is 92.4 Å². The number of halogens is 2. The van der Waals surface area contributed by atoms with Crippen molar-refractivity contribution in [2.75, 3.05) is 7.11 Å². The zero-order valence-electron chi connectivity index (χ0n) is 9.04. The van der Waals surface area contributed by atoms with Crippen molar-refractivity contribution in [3.8, 4) is 5.75 Å². The lowest BCUT2D eigenvalue weighted by molar-refractivity contribution is 0.0777. The Balaban J connectivity index is 2.80. The Morgan fingerprint density at radius 2 is 2.00 bits per heavy atom. The Hall–Kier alpha value is -1.65. The van der Waals surface area contributed by atoms with E-state index in [-0.39, 0.29) is 5.56 Å². The Morgan fingerprint density at radius 3 is 2.56 bits per heavy atom. The fourth-order valence-electron chi connectivity index (χ4n) is 1.18. The number of alkyl halides is 2. The van der Waals surface area contributed by atoms with E-state index in [9.17, 15) is 13.6 Å². The maximum absolute atomic E-state index is 12.2. The van der Waals surface area contributed by atoms with Gasteiger partial charge in [0.1, 0.15) is 5.75 Å². The third kappa shape index (κ3) is 2.92. The first-order valence-corrected chi connectivity index (χ1v) is 4.78. The molecule has 0 aromatic heterocycles. The van der Waals surface area contributed by atoms with Crippen LogP contribution in [0.15, 0.2) is 24.3 Å². The molecule has 16 heavy (non-hydrogen) atoms. The summed E-state index contributed by atoms with van der Waals surface area (Å²) in [5.41, 5.74) is 0.248. The third-order valence-corrected chi connectivity index (χ3v) is 2.09. The summed E-state index contributed by atoms with van der Waals surface area (Å²) in [7, 11) is 1.42. The molecule has 1 aromatic carbocycles. The number of carbonyl (C=O) groups excluding carboxylic acids is 1. The van der Waals surface area contributed by atoms with Gasteiger partial charge in [0.15, 0.2) is 0 Å². The van der Waals surface area contributed by atoms with Gasteiger partial charge < -0.3 is 10.1 Å². The molecule has 1 atom stereocenters. The normalized spacial score (nSPS) is 12.3. The minimum absolute atomic E-state index is 0.248. The summed E-state index contributed by atoms with van der Waals surface area (Å²) in [4.78, 5) is 11.6. The summed E-state index contributed by atoms with van der Waals surface area (Å²) in [5, 5.41) is 2.20. The molecule has 5 heteroatoms. The maximum Gasteiger partial charge on any atom is 0.258 e. The molecule has 0 heterocycles. The van der Waals surface area contributed by atoms with Gasteiger partial charge in [-0.25, -0.2) is 8.78 Å². The fourth-order valence-corrected chi connectivity index (χ4v) is 1.18. The minimum atomic E-state index is -2.58. The zero-order chi connectivity index (χ0) is 12.1. The van der Waals surface area contributed by atoms with Crippen LogP contribution >= 0.6 is 0 Å². The second-order valence-electron chi connectivity index (χ2n) is 3.30.